The molecule has 4 heteroatoms. The molecule has 0 fully saturated rings. The van der Waals surface area contributed by atoms with E-state index in [1.807, 2.05) is 13.8 Å². The van der Waals surface area contributed by atoms with Crippen LogP contribution in [0, 0.1) is 12.7 Å². The minimum absolute atomic E-state index is 0.0812. The molecule has 1 aromatic carbocycles. The summed E-state index contributed by atoms with van der Waals surface area (Å²) in [6.07, 6.45) is 1.57. The highest BCUT2D eigenvalue weighted by Crippen LogP contribution is 2.09. The molecule has 0 spiro atoms. The maximum atomic E-state index is 13.4. The summed E-state index contributed by atoms with van der Waals surface area (Å²) in [6, 6.07) is 4.57. The van der Waals surface area contributed by atoms with E-state index in [4.69, 9.17) is 5.73 Å². The lowest BCUT2D eigenvalue weighted by molar-refractivity contribution is 0.0948. The van der Waals surface area contributed by atoms with Gasteiger partial charge in [-0.15, -0.1) is 0 Å². The van der Waals surface area contributed by atoms with Gasteiger partial charge in [-0.05, 0) is 31.9 Å². The van der Waals surface area contributed by atoms with Crippen LogP contribution in [0.4, 0.5) is 4.39 Å². The Morgan fingerprint density at radius 2 is 2.24 bits per heavy atom. The number of benzene rings is 1. The first-order valence-corrected chi connectivity index (χ1v) is 5.84. The second-order valence-electron chi connectivity index (χ2n) is 4.20. The molecular weight excluding hydrogens is 219 g/mol. The van der Waals surface area contributed by atoms with Crippen molar-refractivity contribution in [2.45, 2.75) is 32.7 Å². The zero-order valence-corrected chi connectivity index (χ0v) is 10.3. The van der Waals surface area contributed by atoms with Gasteiger partial charge < -0.3 is 11.1 Å². The molecule has 0 aromatic heterocycles. The first kappa shape index (κ1) is 13.6. The van der Waals surface area contributed by atoms with Gasteiger partial charge in [-0.1, -0.05) is 18.6 Å². The first-order chi connectivity index (χ1) is 8.04. The van der Waals surface area contributed by atoms with Gasteiger partial charge in [-0.25, -0.2) is 4.39 Å². The monoisotopic (exact) mass is 238 g/mol. The van der Waals surface area contributed by atoms with Crippen LogP contribution in [0.15, 0.2) is 18.2 Å². The third-order valence-electron chi connectivity index (χ3n) is 2.69. The summed E-state index contributed by atoms with van der Waals surface area (Å²) in [5.74, 6) is -0.873. The van der Waals surface area contributed by atoms with Crippen LogP contribution in [0.1, 0.15) is 35.7 Å². The topological polar surface area (TPSA) is 55.1 Å². The highest BCUT2D eigenvalue weighted by atomic mass is 19.1. The first-order valence-electron chi connectivity index (χ1n) is 5.84. The van der Waals surface area contributed by atoms with Gasteiger partial charge in [-0.3, -0.25) is 4.79 Å². The number of nitrogens with one attached hydrogen (secondary N) is 1. The fourth-order valence-corrected chi connectivity index (χ4v) is 1.48. The van der Waals surface area contributed by atoms with E-state index in [0.717, 1.165) is 12.0 Å². The van der Waals surface area contributed by atoms with E-state index in [-0.39, 0.29) is 17.5 Å². The SMILES string of the molecule is CCC(N)CCNC(=O)c1cc(C)ccc1F. The number of halogens is 1. The minimum Gasteiger partial charge on any atom is -0.352 e. The van der Waals surface area contributed by atoms with Gasteiger partial charge >= 0.3 is 0 Å². The van der Waals surface area contributed by atoms with Gasteiger partial charge in [-0.2, -0.15) is 0 Å². The van der Waals surface area contributed by atoms with Crippen LogP contribution in [-0.2, 0) is 0 Å². The molecule has 0 aliphatic heterocycles. The molecule has 1 rings (SSSR count). The fourth-order valence-electron chi connectivity index (χ4n) is 1.48. The quantitative estimate of drug-likeness (QED) is 0.824. The third kappa shape index (κ3) is 4.15. The summed E-state index contributed by atoms with van der Waals surface area (Å²) >= 11 is 0. The van der Waals surface area contributed by atoms with E-state index in [2.05, 4.69) is 5.32 Å². The number of amides is 1. The Balaban J connectivity index is 2.55. The average Bonchev–Trinajstić information content (AvgIpc) is 2.31. The van der Waals surface area contributed by atoms with Crippen LogP contribution in [-0.4, -0.2) is 18.5 Å². The molecule has 1 aromatic rings. The standard InChI is InChI=1S/C13H19FN2O/c1-3-10(15)6-7-16-13(17)11-8-9(2)4-5-12(11)14/h4-5,8,10H,3,6-7,15H2,1-2H3,(H,16,17). The molecule has 1 amide bonds. The molecular formula is C13H19FN2O. The predicted molar refractivity (Wildman–Crippen MR) is 66.4 cm³/mol. The molecule has 1 atom stereocenters. The van der Waals surface area contributed by atoms with Crippen molar-refractivity contribution in [3.63, 3.8) is 0 Å². The number of carbonyl (C=O) groups is 1. The second kappa shape index (κ2) is 6.35. The van der Waals surface area contributed by atoms with Crippen molar-refractivity contribution in [1.82, 2.24) is 5.32 Å². The second-order valence-corrected chi connectivity index (χ2v) is 4.20. The van der Waals surface area contributed by atoms with Crippen molar-refractivity contribution in [2.24, 2.45) is 5.73 Å². The van der Waals surface area contributed by atoms with E-state index >= 15 is 0 Å². The zero-order valence-electron chi connectivity index (χ0n) is 10.3. The summed E-state index contributed by atoms with van der Waals surface area (Å²) in [7, 11) is 0. The molecule has 94 valence electrons. The van der Waals surface area contributed by atoms with Crippen molar-refractivity contribution in [2.75, 3.05) is 6.54 Å². The largest absolute Gasteiger partial charge is 0.352 e. The van der Waals surface area contributed by atoms with Gasteiger partial charge in [0.1, 0.15) is 5.82 Å². The van der Waals surface area contributed by atoms with Crippen LogP contribution in [0.5, 0.6) is 0 Å². The summed E-state index contributed by atoms with van der Waals surface area (Å²) in [5.41, 5.74) is 6.68. The zero-order chi connectivity index (χ0) is 12.8. The molecule has 0 aliphatic rings. The van der Waals surface area contributed by atoms with Gasteiger partial charge in [0.2, 0.25) is 0 Å². The van der Waals surface area contributed by atoms with E-state index in [9.17, 15) is 9.18 Å². The van der Waals surface area contributed by atoms with Crippen molar-refractivity contribution >= 4 is 5.91 Å². The average molecular weight is 238 g/mol. The normalized spacial score (nSPS) is 12.2. The third-order valence-corrected chi connectivity index (χ3v) is 2.69. The number of rotatable bonds is 5. The fraction of sp³-hybridized carbons (Fsp3) is 0.462. The maximum Gasteiger partial charge on any atom is 0.254 e. The van der Waals surface area contributed by atoms with Crippen LogP contribution >= 0.6 is 0 Å². The van der Waals surface area contributed by atoms with Gasteiger partial charge in [0.15, 0.2) is 0 Å². The number of nitrogens with two attached hydrogens (primary N) is 1. The molecule has 0 saturated carbocycles. The van der Waals surface area contributed by atoms with Gasteiger partial charge in [0.05, 0.1) is 5.56 Å². The Kier molecular flexibility index (Phi) is 5.10. The molecule has 3 nitrogen and oxygen atoms in total. The summed E-state index contributed by atoms with van der Waals surface area (Å²) in [4.78, 5) is 11.7. The lowest BCUT2D eigenvalue weighted by Gasteiger charge is -2.10. The molecule has 0 aliphatic carbocycles. The summed E-state index contributed by atoms with van der Waals surface area (Å²) in [5, 5.41) is 2.67. The molecule has 3 N–H and O–H groups in total. The smallest absolute Gasteiger partial charge is 0.254 e. The minimum atomic E-state index is -0.493. The molecule has 0 bridgehead atoms. The maximum absolute atomic E-state index is 13.4. The molecule has 0 saturated heterocycles. The van der Waals surface area contributed by atoms with Gasteiger partial charge in [0, 0.05) is 12.6 Å². The Bertz CT molecular complexity index is 393. The molecule has 0 heterocycles. The number of carbonyl (C=O) groups excluding carboxylic acids is 1. The number of hydrogen-bond donors (Lipinski definition) is 2. The van der Waals surface area contributed by atoms with E-state index < -0.39 is 5.82 Å². The van der Waals surface area contributed by atoms with E-state index in [1.54, 1.807) is 12.1 Å². The van der Waals surface area contributed by atoms with Crippen molar-refractivity contribution in [3.8, 4) is 0 Å². The van der Waals surface area contributed by atoms with Gasteiger partial charge in [0.25, 0.3) is 5.91 Å². The Morgan fingerprint density at radius 1 is 1.53 bits per heavy atom. The van der Waals surface area contributed by atoms with Crippen LogP contribution in [0.3, 0.4) is 0 Å². The summed E-state index contributed by atoms with van der Waals surface area (Å²) < 4.78 is 13.4. The van der Waals surface area contributed by atoms with Crippen molar-refractivity contribution in [1.29, 1.82) is 0 Å². The number of aryl methyl sites for hydroxylation is 1. The number of hydrogen-bond acceptors (Lipinski definition) is 2. The Morgan fingerprint density at radius 3 is 2.88 bits per heavy atom. The molecule has 17 heavy (non-hydrogen) atoms. The Labute approximate surface area is 101 Å². The molecule has 1 unspecified atom stereocenters. The van der Waals surface area contributed by atoms with E-state index in [1.165, 1.54) is 6.07 Å². The highest BCUT2D eigenvalue weighted by Gasteiger charge is 2.11. The lowest BCUT2D eigenvalue weighted by Crippen LogP contribution is -2.30. The van der Waals surface area contributed by atoms with Crippen molar-refractivity contribution < 1.29 is 9.18 Å². The highest BCUT2D eigenvalue weighted by molar-refractivity contribution is 5.94. The molecule has 0 radical (unpaired) electrons. The lowest BCUT2D eigenvalue weighted by atomic mass is 10.1. The predicted octanol–water partition coefficient (Wildman–Crippen LogP) is 1.99. The summed E-state index contributed by atoms with van der Waals surface area (Å²) in [6.45, 7) is 4.29. The Hall–Kier alpha value is -1.42. The van der Waals surface area contributed by atoms with Crippen LogP contribution in [0.2, 0.25) is 0 Å². The van der Waals surface area contributed by atoms with Crippen molar-refractivity contribution in [3.05, 3.63) is 35.1 Å². The van der Waals surface area contributed by atoms with Crippen LogP contribution < -0.4 is 11.1 Å². The van der Waals surface area contributed by atoms with Crippen LogP contribution in [0.25, 0.3) is 0 Å². The van der Waals surface area contributed by atoms with E-state index in [0.29, 0.717) is 13.0 Å².